The molecule has 0 heterocycles. The third-order valence-electron chi connectivity index (χ3n) is 2.96. The van der Waals surface area contributed by atoms with E-state index in [2.05, 4.69) is 18.5 Å². The van der Waals surface area contributed by atoms with Crippen LogP contribution in [0, 0.1) is 0 Å². The number of rotatable bonds is 10. The monoisotopic (exact) mass is 299 g/mol. The molecule has 114 valence electrons. The Hall–Kier alpha value is -0.910. The highest BCUT2D eigenvalue weighted by molar-refractivity contribution is 7.98. The normalized spacial score (nSPS) is 13.8. The Balaban J connectivity index is 2.27. The van der Waals surface area contributed by atoms with Gasteiger partial charge >= 0.3 is 0 Å². The average molecular weight is 299 g/mol. The molecule has 2 atom stereocenters. The summed E-state index contributed by atoms with van der Waals surface area (Å²) in [5.74, 6) is 2.47. The van der Waals surface area contributed by atoms with E-state index >= 15 is 0 Å². The van der Waals surface area contributed by atoms with E-state index in [4.69, 9.17) is 9.47 Å². The second kappa shape index (κ2) is 9.91. The van der Waals surface area contributed by atoms with E-state index in [-0.39, 0.29) is 6.61 Å². The molecule has 1 aromatic rings. The predicted molar refractivity (Wildman–Crippen MR) is 85.0 cm³/mol. The van der Waals surface area contributed by atoms with Crippen LogP contribution < -0.4 is 14.8 Å². The molecule has 0 aliphatic heterocycles. The summed E-state index contributed by atoms with van der Waals surface area (Å²) >= 11 is 1.83. The Morgan fingerprint density at radius 3 is 2.65 bits per heavy atom. The van der Waals surface area contributed by atoms with E-state index in [9.17, 15) is 5.11 Å². The largest absolute Gasteiger partial charge is 0.493 e. The predicted octanol–water partition coefficient (Wildman–Crippen LogP) is 2.17. The highest BCUT2D eigenvalue weighted by atomic mass is 32.2. The lowest BCUT2D eigenvalue weighted by molar-refractivity contribution is 0.102. The molecule has 0 spiro atoms. The van der Waals surface area contributed by atoms with Crippen LogP contribution in [0.2, 0.25) is 0 Å². The van der Waals surface area contributed by atoms with Gasteiger partial charge in [0.05, 0.1) is 7.11 Å². The van der Waals surface area contributed by atoms with Crippen molar-refractivity contribution in [3.8, 4) is 11.5 Å². The van der Waals surface area contributed by atoms with Gasteiger partial charge in [-0.05, 0) is 37.5 Å². The van der Waals surface area contributed by atoms with Crippen LogP contribution in [0.5, 0.6) is 11.5 Å². The van der Waals surface area contributed by atoms with Crippen molar-refractivity contribution in [1.29, 1.82) is 0 Å². The first-order valence-electron chi connectivity index (χ1n) is 6.83. The van der Waals surface area contributed by atoms with Crippen molar-refractivity contribution in [2.24, 2.45) is 0 Å². The van der Waals surface area contributed by atoms with Gasteiger partial charge in [0.2, 0.25) is 0 Å². The topological polar surface area (TPSA) is 50.7 Å². The molecule has 4 nitrogen and oxygen atoms in total. The fourth-order valence-electron chi connectivity index (χ4n) is 1.72. The average Bonchev–Trinajstić information content (AvgIpc) is 2.48. The highest BCUT2D eigenvalue weighted by Gasteiger charge is 2.09. The number of aliphatic hydroxyl groups excluding tert-OH is 1. The summed E-state index contributed by atoms with van der Waals surface area (Å²) in [7, 11) is 1.60. The molecule has 1 aromatic carbocycles. The number of para-hydroxylation sites is 2. The zero-order chi connectivity index (χ0) is 14.8. The maximum atomic E-state index is 9.91. The summed E-state index contributed by atoms with van der Waals surface area (Å²) in [5, 5.41) is 13.2. The Labute approximate surface area is 125 Å². The van der Waals surface area contributed by atoms with Gasteiger partial charge in [-0.15, -0.1) is 0 Å². The van der Waals surface area contributed by atoms with Crippen LogP contribution in [0.4, 0.5) is 0 Å². The van der Waals surface area contributed by atoms with Gasteiger partial charge in [-0.2, -0.15) is 11.8 Å². The van der Waals surface area contributed by atoms with Crippen molar-refractivity contribution < 1.29 is 14.6 Å². The number of benzene rings is 1. The SMILES string of the molecule is COc1ccccc1OCC(O)CNC(C)CCSC. The lowest BCUT2D eigenvalue weighted by atomic mass is 10.2. The maximum Gasteiger partial charge on any atom is 0.161 e. The van der Waals surface area contributed by atoms with Gasteiger partial charge in [0.1, 0.15) is 12.7 Å². The van der Waals surface area contributed by atoms with E-state index < -0.39 is 6.10 Å². The van der Waals surface area contributed by atoms with Gasteiger partial charge < -0.3 is 19.9 Å². The Kier molecular flexibility index (Phi) is 8.49. The number of nitrogens with one attached hydrogen (secondary N) is 1. The summed E-state index contributed by atoms with van der Waals surface area (Å²) in [6.45, 7) is 2.91. The van der Waals surface area contributed by atoms with Crippen LogP contribution >= 0.6 is 11.8 Å². The lowest BCUT2D eigenvalue weighted by Crippen LogP contribution is -2.36. The maximum absolute atomic E-state index is 9.91. The van der Waals surface area contributed by atoms with Crippen LogP contribution in [0.1, 0.15) is 13.3 Å². The Morgan fingerprint density at radius 2 is 2.00 bits per heavy atom. The second-order valence-corrected chi connectivity index (χ2v) is 5.69. The van der Waals surface area contributed by atoms with Gasteiger partial charge in [0.25, 0.3) is 0 Å². The smallest absolute Gasteiger partial charge is 0.161 e. The van der Waals surface area contributed by atoms with E-state index in [1.54, 1.807) is 7.11 Å². The first-order valence-corrected chi connectivity index (χ1v) is 8.23. The molecular weight excluding hydrogens is 274 g/mol. The molecule has 0 bridgehead atoms. The molecule has 0 aliphatic rings. The van der Waals surface area contributed by atoms with Crippen LogP contribution in [0.25, 0.3) is 0 Å². The third kappa shape index (κ3) is 6.50. The molecule has 0 aliphatic carbocycles. The number of thioether (sulfide) groups is 1. The summed E-state index contributed by atoms with van der Waals surface area (Å²) in [4.78, 5) is 0. The van der Waals surface area contributed by atoms with Crippen LogP contribution in [0.15, 0.2) is 24.3 Å². The standard InChI is InChI=1S/C15H25NO3S/c1-12(8-9-20-3)16-10-13(17)11-19-15-7-5-4-6-14(15)18-2/h4-7,12-13,16-17H,8-11H2,1-3H3. The number of hydrogen-bond acceptors (Lipinski definition) is 5. The molecular formula is C15H25NO3S. The highest BCUT2D eigenvalue weighted by Crippen LogP contribution is 2.25. The van der Waals surface area contributed by atoms with Crippen molar-refractivity contribution in [2.75, 3.05) is 32.3 Å². The fraction of sp³-hybridized carbons (Fsp3) is 0.600. The minimum atomic E-state index is -0.531. The van der Waals surface area contributed by atoms with Gasteiger partial charge in [0.15, 0.2) is 11.5 Å². The zero-order valence-corrected chi connectivity index (χ0v) is 13.3. The second-order valence-electron chi connectivity index (χ2n) is 4.71. The molecule has 0 aromatic heterocycles. The Bertz CT molecular complexity index is 376. The number of hydrogen-bond donors (Lipinski definition) is 2. The van der Waals surface area contributed by atoms with Gasteiger partial charge in [-0.1, -0.05) is 12.1 Å². The van der Waals surface area contributed by atoms with E-state index in [1.807, 2.05) is 36.0 Å². The minimum absolute atomic E-state index is 0.253. The van der Waals surface area contributed by atoms with Crippen molar-refractivity contribution in [1.82, 2.24) is 5.32 Å². The van der Waals surface area contributed by atoms with Gasteiger partial charge in [-0.25, -0.2) is 0 Å². The third-order valence-corrected chi connectivity index (χ3v) is 3.60. The van der Waals surface area contributed by atoms with E-state index in [1.165, 1.54) is 0 Å². The van der Waals surface area contributed by atoms with Crippen molar-refractivity contribution >= 4 is 11.8 Å². The molecule has 0 radical (unpaired) electrons. The lowest BCUT2D eigenvalue weighted by Gasteiger charge is -2.18. The van der Waals surface area contributed by atoms with Crippen molar-refractivity contribution in [2.45, 2.75) is 25.5 Å². The first kappa shape index (κ1) is 17.1. The quantitative estimate of drug-likeness (QED) is 0.693. The number of ether oxygens (including phenoxy) is 2. The van der Waals surface area contributed by atoms with Crippen molar-refractivity contribution in [3.05, 3.63) is 24.3 Å². The van der Waals surface area contributed by atoms with E-state index in [0.29, 0.717) is 24.1 Å². The molecule has 0 amide bonds. The molecule has 2 unspecified atom stereocenters. The zero-order valence-electron chi connectivity index (χ0n) is 12.5. The molecule has 20 heavy (non-hydrogen) atoms. The van der Waals surface area contributed by atoms with E-state index in [0.717, 1.165) is 12.2 Å². The first-order chi connectivity index (χ1) is 9.67. The Morgan fingerprint density at radius 1 is 1.30 bits per heavy atom. The molecule has 2 N–H and O–H groups in total. The van der Waals surface area contributed by atoms with Crippen LogP contribution in [-0.2, 0) is 0 Å². The van der Waals surface area contributed by atoms with Gasteiger partial charge in [0, 0.05) is 12.6 Å². The summed E-state index contributed by atoms with van der Waals surface area (Å²) in [6, 6.07) is 7.84. The number of methoxy groups -OCH3 is 1. The molecule has 0 saturated carbocycles. The minimum Gasteiger partial charge on any atom is -0.493 e. The molecule has 0 fully saturated rings. The summed E-state index contributed by atoms with van der Waals surface area (Å²) < 4.78 is 10.8. The molecule has 5 heteroatoms. The van der Waals surface area contributed by atoms with Gasteiger partial charge in [-0.3, -0.25) is 0 Å². The summed E-state index contributed by atoms with van der Waals surface area (Å²) in [6.07, 6.45) is 2.67. The molecule has 1 rings (SSSR count). The fourth-order valence-corrected chi connectivity index (χ4v) is 2.31. The molecule has 0 saturated heterocycles. The number of aliphatic hydroxyl groups is 1. The summed E-state index contributed by atoms with van der Waals surface area (Å²) in [5.41, 5.74) is 0. The van der Waals surface area contributed by atoms with Crippen LogP contribution in [-0.4, -0.2) is 49.5 Å². The van der Waals surface area contributed by atoms with Crippen molar-refractivity contribution in [3.63, 3.8) is 0 Å². The van der Waals surface area contributed by atoms with Crippen LogP contribution in [0.3, 0.4) is 0 Å².